The Kier molecular flexibility index (Phi) is 5.23. The van der Waals surface area contributed by atoms with Gasteiger partial charge in [-0.1, -0.05) is 24.9 Å². The number of thioether (sulfide) groups is 1. The summed E-state index contributed by atoms with van der Waals surface area (Å²) >= 11 is 1.91. The van der Waals surface area contributed by atoms with E-state index in [0.717, 1.165) is 23.2 Å². The Hall–Kier alpha value is -0.840. The lowest BCUT2D eigenvalue weighted by atomic mass is 10.2. The van der Waals surface area contributed by atoms with Crippen LogP contribution in [-0.4, -0.2) is 21.2 Å². The molecule has 0 spiro atoms. The van der Waals surface area contributed by atoms with Crippen molar-refractivity contribution in [2.24, 2.45) is 0 Å². The van der Waals surface area contributed by atoms with Gasteiger partial charge in [0.1, 0.15) is 5.78 Å². The number of nitrogens with zero attached hydrogens (tertiary/aromatic N) is 2. The Morgan fingerprint density at radius 3 is 2.94 bits per heavy atom. The third-order valence-corrected chi connectivity index (χ3v) is 4.51. The van der Waals surface area contributed by atoms with Crippen LogP contribution in [0.4, 0.5) is 0 Å². The summed E-state index contributed by atoms with van der Waals surface area (Å²) in [5.41, 5.74) is 0. The zero-order chi connectivity index (χ0) is 12.8. The molecule has 1 saturated carbocycles. The number of hydrogen-bond acceptors (Lipinski definition) is 5. The van der Waals surface area contributed by atoms with Gasteiger partial charge in [-0.2, -0.15) is 16.7 Å². The first-order valence-electron chi connectivity index (χ1n) is 6.72. The maximum absolute atomic E-state index is 11.5. The number of Topliss-reactive ketones (excluding diaryl/α,β-unsaturated/α-hetero) is 1. The van der Waals surface area contributed by atoms with E-state index in [9.17, 15) is 4.79 Å². The summed E-state index contributed by atoms with van der Waals surface area (Å²) in [6.45, 7) is 2.00. The highest BCUT2D eigenvalue weighted by atomic mass is 32.2. The highest BCUT2D eigenvalue weighted by molar-refractivity contribution is 7.99. The van der Waals surface area contributed by atoms with Gasteiger partial charge in [-0.3, -0.25) is 4.79 Å². The van der Waals surface area contributed by atoms with Crippen LogP contribution in [0.1, 0.15) is 57.2 Å². The number of aromatic nitrogens is 2. The Balaban J connectivity index is 1.76. The molecule has 1 aromatic rings. The minimum atomic E-state index is 0.177. The quantitative estimate of drug-likeness (QED) is 0.760. The van der Waals surface area contributed by atoms with Gasteiger partial charge in [0.05, 0.1) is 12.2 Å². The molecule has 0 aromatic carbocycles. The van der Waals surface area contributed by atoms with Crippen LogP contribution in [-0.2, 0) is 17.0 Å². The summed E-state index contributed by atoms with van der Waals surface area (Å²) in [6, 6.07) is 0. The predicted octanol–water partition coefficient (Wildman–Crippen LogP) is 3.16. The van der Waals surface area contributed by atoms with Gasteiger partial charge in [0.2, 0.25) is 5.89 Å². The molecular formula is C13H20N2O2S. The minimum absolute atomic E-state index is 0.177. The van der Waals surface area contributed by atoms with Crippen LogP contribution in [0.25, 0.3) is 0 Å². The maximum Gasteiger partial charge on any atom is 0.234 e. The summed E-state index contributed by atoms with van der Waals surface area (Å²) in [5, 5.41) is 4.69. The first-order chi connectivity index (χ1) is 8.78. The molecule has 0 amide bonds. The zero-order valence-corrected chi connectivity index (χ0v) is 11.7. The van der Waals surface area contributed by atoms with Crippen LogP contribution < -0.4 is 0 Å². The fourth-order valence-corrected chi connectivity index (χ4v) is 3.37. The number of rotatable bonds is 7. The van der Waals surface area contributed by atoms with Crippen LogP contribution in [0.15, 0.2) is 4.52 Å². The molecule has 0 aliphatic heterocycles. The lowest BCUT2D eigenvalue weighted by Crippen LogP contribution is -2.02. The second kappa shape index (κ2) is 6.92. The fraction of sp³-hybridized carbons (Fsp3) is 0.769. The van der Waals surface area contributed by atoms with E-state index in [1.807, 2.05) is 18.7 Å². The van der Waals surface area contributed by atoms with Gasteiger partial charge in [0.25, 0.3) is 0 Å². The smallest absolute Gasteiger partial charge is 0.234 e. The summed E-state index contributed by atoms with van der Waals surface area (Å²) in [4.78, 5) is 15.7. The SMILES string of the molecule is CCCC(=O)Cc1nc(CSC2CCCC2)no1. The van der Waals surface area contributed by atoms with Crippen molar-refractivity contribution in [3.05, 3.63) is 11.7 Å². The van der Waals surface area contributed by atoms with Crippen LogP contribution in [0, 0.1) is 0 Å². The molecule has 4 nitrogen and oxygen atoms in total. The van der Waals surface area contributed by atoms with E-state index in [-0.39, 0.29) is 12.2 Å². The van der Waals surface area contributed by atoms with Gasteiger partial charge in [-0.15, -0.1) is 0 Å². The first kappa shape index (κ1) is 13.6. The Morgan fingerprint density at radius 2 is 2.22 bits per heavy atom. The Morgan fingerprint density at radius 1 is 1.44 bits per heavy atom. The predicted molar refractivity (Wildman–Crippen MR) is 71.5 cm³/mol. The monoisotopic (exact) mass is 268 g/mol. The van der Waals surface area contributed by atoms with Crippen molar-refractivity contribution >= 4 is 17.5 Å². The molecule has 0 unspecified atom stereocenters. The van der Waals surface area contributed by atoms with Gasteiger partial charge >= 0.3 is 0 Å². The second-order valence-electron chi connectivity index (χ2n) is 4.79. The van der Waals surface area contributed by atoms with Gasteiger partial charge in [-0.25, -0.2) is 0 Å². The first-order valence-corrected chi connectivity index (χ1v) is 7.77. The molecular weight excluding hydrogens is 248 g/mol. The van der Waals surface area contributed by atoms with Gasteiger partial charge in [-0.05, 0) is 19.3 Å². The molecule has 5 heteroatoms. The standard InChI is InChI=1S/C13H20N2O2S/c1-2-5-10(16)8-13-14-12(15-17-13)9-18-11-6-3-4-7-11/h11H,2-9H2,1H3. The van der Waals surface area contributed by atoms with Crippen molar-refractivity contribution in [2.45, 2.75) is 62.9 Å². The lowest BCUT2D eigenvalue weighted by molar-refractivity contribution is -0.118. The van der Waals surface area contributed by atoms with E-state index < -0.39 is 0 Å². The number of hydrogen-bond donors (Lipinski definition) is 0. The van der Waals surface area contributed by atoms with Crippen molar-refractivity contribution in [3.8, 4) is 0 Å². The second-order valence-corrected chi connectivity index (χ2v) is 6.08. The van der Waals surface area contributed by atoms with E-state index in [4.69, 9.17) is 4.52 Å². The lowest BCUT2D eigenvalue weighted by Gasteiger charge is -2.04. The van der Waals surface area contributed by atoms with Crippen LogP contribution >= 0.6 is 11.8 Å². The zero-order valence-electron chi connectivity index (χ0n) is 10.9. The molecule has 0 bridgehead atoms. The molecule has 1 aliphatic carbocycles. The van der Waals surface area contributed by atoms with E-state index in [1.54, 1.807) is 0 Å². The van der Waals surface area contributed by atoms with Gasteiger partial charge < -0.3 is 4.52 Å². The van der Waals surface area contributed by atoms with Crippen molar-refractivity contribution in [1.82, 2.24) is 10.1 Å². The highest BCUT2D eigenvalue weighted by Gasteiger charge is 2.17. The Labute approximate surface area is 112 Å². The van der Waals surface area contributed by atoms with Crippen LogP contribution in [0.2, 0.25) is 0 Å². The molecule has 0 atom stereocenters. The van der Waals surface area contributed by atoms with Crippen molar-refractivity contribution in [3.63, 3.8) is 0 Å². The van der Waals surface area contributed by atoms with Crippen molar-refractivity contribution in [2.75, 3.05) is 0 Å². The largest absolute Gasteiger partial charge is 0.339 e. The summed E-state index contributed by atoms with van der Waals surface area (Å²) in [6.07, 6.45) is 7.07. The molecule has 0 saturated heterocycles. The molecule has 1 aliphatic rings. The van der Waals surface area contributed by atoms with Crippen LogP contribution in [0.5, 0.6) is 0 Å². The third kappa shape index (κ3) is 4.12. The normalized spacial score (nSPS) is 16.3. The molecule has 0 radical (unpaired) electrons. The number of ketones is 1. The fourth-order valence-electron chi connectivity index (χ4n) is 2.20. The third-order valence-electron chi connectivity index (χ3n) is 3.14. The maximum atomic E-state index is 11.5. The summed E-state index contributed by atoms with van der Waals surface area (Å²) < 4.78 is 5.10. The van der Waals surface area contributed by atoms with Crippen molar-refractivity contribution in [1.29, 1.82) is 0 Å². The highest BCUT2D eigenvalue weighted by Crippen LogP contribution is 2.30. The van der Waals surface area contributed by atoms with E-state index in [0.29, 0.717) is 12.3 Å². The number of carbonyl (C=O) groups is 1. The van der Waals surface area contributed by atoms with E-state index in [1.165, 1.54) is 25.7 Å². The minimum Gasteiger partial charge on any atom is -0.339 e. The molecule has 100 valence electrons. The average Bonchev–Trinajstić information content (AvgIpc) is 2.97. The Bertz CT molecular complexity index is 386. The van der Waals surface area contributed by atoms with Gasteiger partial charge in [0.15, 0.2) is 5.82 Å². The van der Waals surface area contributed by atoms with Crippen molar-refractivity contribution < 1.29 is 9.32 Å². The average molecular weight is 268 g/mol. The van der Waals surface area contributed by atoms with E-state index in [2.05, 4.69) is 10.1 Å². The molecule has 1 fully saturated rings. The van der Waals surface area contributed by atoms with Gasteiger partial charge in [0, 0.05) is 11.7 Å². The van der Waals surface area contributed by atoms with Crippen LogP contribution in [0.3, 0.4) is 0 Å². The number of carbonyl (C=O) groups excluding carboxylic acids is 1. The molecule has 1 heterocycles. The molecule has 1 aromatic heterocycles. The topological polar surface area (TPSA) is 56.0 Å². The molecule has 0 N–H and O–H groups in total. The summed E-state index contributed by atoms with van der Waals surface area (Å²) in [5.74, 6) is 2.17. The summed E-state index contributed by atoms with van der Waals surface area (Å²) in [7, 11) is 0. The molecule has 2 rings (SSSR count). The van der Waals surface area contributed by atoms with E-state index >= 15 is 0 Å². The molecule has 18 heavy (non-hydrogen) atoms.